The van der Waals surface area contributed by atoms with E-state index in [1.165, 1.54) is 11.8 Å². The minimum absolute atomic E-state index is 0.143. The molecule has 0 saturated carbocycles. The van der Waals surface area contributed by atoms with Gasteiger partial charge in [-0.25, -0.2) is 9.98 Å². The fraction of sp³-hybridized carbons (Fsp3) is 0.200. The average Bonchev–Trinajstić information content (AvgIpc) is 3.00. The Labute approximate surface area is 156 Å². The van der Waals surface area contributed by atoms with E-state index in [2.05, 4.69) is 16.1 Å². The Balaban J connectivity index is 1.98. The number of rotatable bonds is 4. The van der Waals surface area contributed by atoms with E-state index >= 15 is 0 Å². The molecule has 0 spiro atoms. The number of hydrogen-bond donors (Lipinski definition) is 0. The van der Waals surface area contributed by atoms with Gasteiger partial charge in [0.15, 0.2) is 5.84 Å². The number of ether oxygens (including phenoxy) is 1. The van der Waals surface area contributed by atoms with Crippen LogP contribution >= 0.6 is 11.8 Å². The molecule has 0 unspecified atom stereocenters. The van der Waals surface area contributed by atoms with Gasteiger partial charge in [-0.1, -0.05) is 41.6 Å². The summed E-state index contributed by atoms with van der Waals surface area (Å²) in [5.74, 6) is 0.386. The van der Waals surface area contributed by atoms with Gasteiger partial charge in [-0.15, -0.1) is 0 Å². The van der Waals surface area contributed by atoms with Crippen LogP contribution in [-0.2, 0) is 9.53 Å². The first-order valence-electron chi connectivity index (χ1n) is 8.18. The molecular weight excluding hydrogens is 346 g/mol. The van der Waals surface area contributed by atoms with E-state index in [-0.39, 0.29) is 11.7 Å². The van der Waals surface area contributed by atoms with Crippen LogP contribution in [0, 0.1) is 18.3 Å². The normalized spacial score (nSPS) is 13.9. The van der Waals surface area contributed by atoms with Crippen LogP contribution in [0.3, 0.4) is 0 Å². The standard InChI is InChI=1S/C20H17N3O2S/c1-3-25-17(24)12-26-20-18-14(11-21)5-4-6-16(18)19(23-20)22-15-9-7-13(2)8-10-15/h4-10H,3,12H2,1-2H3. The zero-order valence-corrected chi connectivity index (χ0v) is 15.3. The third kappa shape index (κ3) is 3.84. The Morgan fingerprint density at radius 2 is 2.04 bits per heavy atom. The molecule has 2 aromatic rings. The summed E-state index contributed by atoms with van der Waals surface area (Å²) < 4.78 is 4.97. The largest absolute Gasteiger partial charge is 0.465 e. The summed E-state index contributed by atoms with van der Waals surface area (Å²) in [6, 6.07) is 15.5. The van der Waals surface area contributed by atoms with Gasteiger partial charge in [0.2, 0.25) is 0 Å². The maximum atomic E-state index is 11.7. The predicted molar refractivity (Wildman–Crippen MR) is 104 cm³/mol. The molecule has 6 heteroatoms. The van der Waals surface area contributed by atoms with E-state index in [0.717, 1.165) is 22.4 Å². The third-order valence-electron chi connectivity index (χ3n) is 3.75. The highest BCUT2D eigenvalue weighted by Gasteiger charge is 2.26. The summed E-state index contributed by atoms with van der Waals surface area (Å²) in [6.45, 7) is 4.13. The number of carbonyl (C=O) groups is 1. The van der Waals surface area contributed by atoms with E-state index in [1.54, 1.807) is 13.0 Å². The van der Waals surface area contributed by atoms with Crippen LogP contribution < -0.4 is 0 Å². The third-order valence-corrected chi connectivity index (χ3v) is 4.70. The first-order valence-corrected chi connectivity index (χ1v) is 9.17. The number of carbonyl (C=O) groups excluding carboxylic acids is 1. The van der Waals surface area contributed by atoms with Crippen molar-refractivity contribution in [3.8, 4) is 6.07 Å². The van der Waals surface area contributed by atoms with Crippen molar-refractivity contribution in [2.24, 2.45) is 9.98 Å². The maximum Gasteiger partial charge on any atom is 0.316 e. The Bertz CT molecular complexity index is 941. The van der Waals surface area contributed by atoms with Crippen molar-refractivity contribution in [2.45, 2.75) is 13.8 Å². The topological polar surface area (TPSA) is 74.8 Å². The summed E-state index contributed by atoms with van der Waals surface area (Å²) in [5, 5.41) is 10.1. The Hall–Kier alpha value is -2.91. The van der Waals surface area contributed by atoms with Crippen molar-refractivity contribution in [2.75, 3.05) is 12.4 Å². The van der Waals surface area contributed by atoms with Gasteiger partial charge >= 0.3 is 5.97 Å². The Kier molecular flexibility index (Phi) is 5.49. The van der Waals surface area contributed by atoms with Crippen LogP contribution in [0.4, 0.5) is 5.69 Å². The highest BCUT2D eigenvalue weighted by molar-refractivity contribution is 8.15. The lowest BCUT2D eigenvalue weighted by Gasteiger charge is -2.05. The lowest BCUT2D eigenvalue weighted by molar-refractivity contribution is -0.139. The van der Waals surface area contributed by atoms with Crippen LogP contribution in [0.25, 0.3) is 0 Å². The van der Waals surface area contributed by atoms with Gasteiger partial charge < -0.3 is 4.74 Å². The first kappa shape index (κ1) is 17.9. The number of fused-ring (bicyclic) bond motifs is 1. The summed E-state index contributed by atoms with van der Waals surface area (Å²) >= 11 is 1.26. The van der Waals surface area contributed by atoms with E-state index < -0.39 is 0 Å². The second-order valence-electron chi connectivity index (χ2n) is 5.62. The molecule has 0 saturated heterocycles. The molecule has 0 aromatic heterocycles. The number of nitrogens with zero attached hydrogens (tertiary/aromatic N) is 3. The van der Waals surface area contributed by atoms with Crippen LogP contribution in [-0.4, -0.2) is 29.2 Å². The smallest absolute Gasteiger partial charge is 0.316 e. The van der Waals surface area contributed by atoms with Gasteiger partial charge in [-0.3, -0.25) is 4.79 Å². The number of thioether (sulfide) groups is 1. The number of amidine groups is 1. The molecule has 26 heavy (non-hydrogen) atoms. The minimum Gasteiger partial charge on any atom is -0.465 e. The summed E-state index contributed by atoms with van der Waals surface area (Å²) in [5.41, 5.74) is 4.00. The van der Waals surface area contributed by atoms with Crippen molar-refractivity contribution in [3.63, 3.8) is 0 Å². The number of aliphatic imine (C=N–C) groups is 2. The van der Waals surface area contributed by atoms with Crippen molar-refractivity contribution >= 4 is 34.3 Å². The molecule has 2 aromatic carbocycles. The molecule has 0 bridgehead atoms. The van der Waals surface area contributed by atoms with Crippen LogP contribution in [0.5, 0.6) is 0 Å². The fourth-order valence-electron chi connectivity index (χ4n) is 2.54. The van der Waals surface area contributed by atoms with E-state index in [0.29, 0.717) is 23.0 Å². The van der Waals surface area contributed by atoms with Gasteiger partial charge in [0.1, 0.15) is 5.04 Å². The number of nitriles is 1. The van der Waals surface area contributed by atoms with Gasteiger partial charge in [-0.2, -0.15) is 5.26 Å². The van der Waals surface area contributed by atoms with Crippen LogP contribution in [0.15, 0.2) is 52.4 Å². The summed E-state index contributed by atoms with van der Waals surface area (Å²) in [7, 11) is 0. The van der Waals surface area contributed by atoms with Gasteiger partial charge in [0.05, 0.1) is 29.7 Å². The number of hydrogen-bond acceptors (Lipinski definition) is 5. The molecule has 0 atom stereocenters. The van der Waals surface area contributed by atoms with Crippen molar-refractivity contribution in [1.29, 1.82) is 5.26 Å². The predicted octanol–water partition coefficient (Wildman–Crippen LogP) is 4.00. The molecule has 130 valence electrons. The number of benzene rings is 2. The van der Waals surface area contributed by atoms with Gasteiger partial charge in [0.25, 0.3) is 0 Å². The summed E-state index contributed by atoms with van der Waals surface area (Å²) in [6.07, 6.45) is 0. The molecular formula is C20H17N3O2S. The Morgan fingerprint density at radius 1 is 1.27 bits per heavy atom. The van der Waals surface area contributed by atoms with Crippen molar-refractivity contribution in [3.05, 3.63) is 64.7 Å². The molecule has 5 nitrogen and oxygen atoms in total. The zero-order valence-electron chi connectivity index (χ0n) is 14.5. The molecule has 0 aliphatic carbocycles. The highest BCUT2D eigenvalue weighted by Crippen LogP contribution is 2.30. The highest BCUT2D eigenvalue weighted by atomic mass is 32.2. The lowest BCUT2D eigenvalue weighted by Crippen LogP contribution is -2.09. The second-order valence-corrected chi connectivity index (χ2v) is 6.59. The number of esters is 1. The van der Waals surface area contributed by atoms with E-state index in [1.807, 2.05) is 43.3 Å². The lowest BCUT2D eigenvalue weighted by atomic mass is 10.0. The Morgan fingerprint density at radius 3 is 2.73 bits per heavy atom. The maximum absolute atomic E-state index is 11.7. The molecule has 1 heterocycles. The van der Waals surface area contributed by atoms with Crippen LogP contribution in [0.1, 0.15) is 29.2 Å². The molecule has 0 N–H and O–H groups in total. The second kappa shape index (κ2) is 7.98. The monoisotopic (exact) mass is 363 g/mol. The van der Waals surface area contributed by atoms with Crippen molar-refractivity contribution in [1.82, 2.24) is 0 Å². The zero-order chi connectivity index (χ0) is 18.5. The quantitative estimate of drug-likeness (QED) is 0.770. The molecule has 3 rings (SSSR count). The minimum atomic E-state index is -0.305. The number of aryl methyl sites for hydroxylation is 1. The van der Waals surface area contributed by atoms with Gasteiger partial charge in [0, 0.05) is 11.1 Å². The molecule has 0 amide bonds. The molecule has 0 fully saturated rings. The average molecular weight is 363 g/mol. The van der Waals surface area contributed by atoms with E-state index in [4.69, 9.17) is 4.74 Å². The summed E-state index contributed by atoms with van der Waals surface area (Å²) in [4.78, 5) is 20.9. The molecule has 1 aliphatic rings. The first-order chi connectivity index (χ1) is 12.6. The van der Waals surface area contributed by atoms with Crippen molar-refractivity contribution < 1.29 is 9.53 Å². The van der Waals surface area contributed by atoms with E-state index in [9.17, 15) is 10.1 Å². The van der Waals surface area contributed by atoms with Crippen LogP contribution in [0.2, 0.25) is 0 Å². The molecule has 1 aliphatic heterocycles. The molecule has 0 radical (unpaired) electrons. The SMILES string of the molecule is CCOC(=O)CSC1=NC(=Nc2ccc(C)cc2)c2cccc(C#N)c21. The van der Waals surface area contributed by atoms with Gasteiger partial charge in [-0.05, 0) is 32.0 Å². The fourth-order valence-corrected chi connectivity index (χ4v) is 3.39.